The predicted octanol–water partition coefficient (Wildman–Crippen LogP) is 2.08. The first-order valence-electron chi connectivity index (χ1n) is 7.41. The molecule has 4 N–H and O–H groups in total. The maximum absolute atomic E-state index is 12.0. The van der Waals surface area contributed by atoms with Crippen molar-refractivity contribution in [3.05, 3.63) is 17.8 Å². The summed E-state index contributed by atoms with van der Waals surface area (Å²) in [5.74, 6) is 1.10. The van der Waals surface area contributed by atoms with Crippen LogP contribution >= 0.6 is 0 Å². The van der Waals surface area contributed by atoms with Gasteiger partial charge in [0, 0.05) is 24.7 Å². The molecule has 2 rings (SSSR count). The topological polar surface area (TPSA) is 80.0 Å². The number of aromatic nitrogens is 1. The summed E-state index contributed by atoms with van der Waals surface area (Å²) < 4.78 is 0. The summed E-state index contributed by atoms with van der Waals surface area (Å²) in [6.07, 6.45) is 5.70. The molecule has 5 nitrogen and oxygen atoms in total. The Kier molecular flexibility index (Phi) is 5.21. The van der Waals surface area contributed by atoms with E-state index in [1.807, 2.05) is 19.1 Å². The highest BCUT2D eigenvalue weighted by Gasteiger charge is 2.20. The molecule has 110 valence electrons. The Balaban J connectivity index is 1.70. The Labute approximate surface area is 120 Å². The van der Waals surface area contributed by atoms with Crippen LogP contribution in [0.1, 0.15) is 37.8 Å². The van der Waals surface area contributed by atoms with Crippen LogP contribution in [0.4, 0.5) is 11.5 Å². The zero-order valence-electron chi connectivity index (χ0n) is 12.1. The van der Waals surface area contributed by atoms with Crippen molar-refractivity contribution in [2.75, 3.05) is 24.1 Å². The highest BCUT2D eigenvalue weighted by Crippen LogP contribution is 2.23. The number of carbonyl (C=O) groups is 1. The van der Waals surface area contributed by atoms with Crippen LogP contribution in [-0.4, -0.2) is 24.0 Å². The van der Waals surface area contributed by atoms with Crippen LogP contribution in [0.3, 0.4) is 0 Å². The second-order valence-electron chi connectivity index (χ2n) is 5.44. The number of pyridine rings is 1. The molecule has 0 aromatic carbocycles. The number of amides is 1. The quantitative estimate of drug-likeness (QED) is 0.719. The minimum Gasteiger partial charge on any atom is -0.396 e. The first-order chi connectivity index (χ1) is 9.66. The van der Waals surface area contributed by atoms with E-state index in [-0.39, 0.29) is 11.8 Å². The number of rotatable bonds is 5. The van der Waals surface area contributed by atoms with Crippen molar-refractivity contribution in [3.8, 4) is 0 Å². The van der Waals surface area contributed by atoms with E-state index in [4.69, 9.17) is 5.73 Å². The summed E-state index contributed by atoms with van der Waals surface area (Å²) in [7, 11) is 0. The van der Waals surface area contributed by atoms with Crippen LogP contribution in [0.15, 0.2) is 12.1 Å². The minimum atomic E-state index is 0.191. The SMILES string of the molecule is Cc1ccc(N)c(NCCNC(=O)C2CCCCC2)n1. The van der Waals surface area contributed by atoms with Gasteiger partial charge < -0.3 is 16.4 Å². The number of aryl methyl sites for hydroxylation is 1. The molecular weight excluding hydrogens is 252 g/mol. The molecule has 1 aliphatic carbocycles. The molecule has 0 aliphatic heterocycles. The lowest BCUT2D eigenvalue weighted by molar-refractivity contribution is -0.125. The Morgan fingerprint density at radius 2 is 2.05 bits per heavy atom. The van der Waals surface area contributed by atoms with Gasteiger partial charge in [0.15, 0.2) is 0 Å². The van der Waals surface area contributed by atoms with Gasteiger partial charge >= 0.3 is 0 Å². The van der Waals surface area contributed by atoms with Crippen molar-refractivity contribution < 1.29 is 4.79 Å². The molecule has 1 fully saturated rings. The van der Waals surface area contributed by atoms with Crippen LogP contribution in [0, 0.1) is 12.8 Å². The molecule has 20 heavy (non-hydrogen) atoms. The maximum atomic E-state index is 12.0. The monoisotopic (exact) mass is 276 g/mol. The molecular formula is C15H24N4O. The molecule has 0 unspecified atom stereocenters. The highest BCUT2D eigenvalue weighted by atomic mass is 16.1. The summed E-state index contributed by atoms with van der Waals surface area (Å²) in [5, 5.41) is 6.15. The number of nitrogen functional groups attached to an aromatic ring is 1. The summed E-state index contributed by atoms with van der Waals surface area (Å²) in [5.41, 5.74) is 7.39. The van der Waals surface area contributed by atoms with Crippen molar-refractivity contribution in [1.29, 1.82) is 0 Å². The van der Waals surface area contributed by atoms with E-state index >= 15 is 0 Å². The van der Waals surface area contributed by atoms with Gasteiger partial charge in [0.1, 0.15) is 5.82 Å². The highest BCUT2D eigenvalue weighted by molar-refractivity contribution is 5.78. The fourth-order valence-corrected chi connectivity index (χ4v) is 2.58. The van der Waals surface area contributed by atoms with Gasteiger partial charge in [-0.1, -0.05) is 19.3 Å². The largest absolute Gasteiger partial charge is 0.396 e. The van der Waals surface area contributed by atoms with E-state index in [9.17, 15) is 4.79 Å². The summed E-state index contributed by atoms with van der Waals surface area (Å²) >= 11 is 0. The van der Waals surface area contributed by atoms with Crippen molar-refractivity contribution in [1.82, 2.24) is 10.3 Å². The zero-order chi connectivity index (χ0) is 14.4. The molecule has 0 bridgehead atoms. The average molecular weight is 276 g/mol. The van der Waals surface area contributed by atoms with E-state index < -0.39 is 0 Å². The molecule has 1 amide bonds. The number of hydrogen-bond acceptors (Lipinski definition) is 4. The molecule has 1 saturated carbocycles. The summed E-state index contributed by atoms with van der Waals surface area (Å²) in [6, 6.07) is 3.72. The van der Waals surface area contributed by atoms with E-state index in [1.54, 1.807) is 0 Å². The first-order valence-corrected chi connectivity index (χ1v) is 7.41. The lowest BCUT2D eigenvalue weighted by atomic mass is 9.89. The van der Waals surface area contributed by atoms with Gasteiger partial charge in [-0.15, -0.1) is 0 Å². The third kappa shape index (κ3) is 4.11. The van der Waals surface area contributed by atoms with Crippen LogP contribution < -0.4 is 16.4 Å². The standard InChI is InChI=1S/C15H24N4O/c1-11-7-8-13(16)14(19-11)17-9-10-18-15(20)12-5-3-2-4-6-12/h7-8,12H,2-6,9-10,16H2,1H3,(H,17,19)(H,18,20). The van der Waals surface area contributed by atoms with Gasteiger partial charge in [-0.2, -0.15) is 0 Å². The molecule has 1 heterocycles. The van der Waals surface area contributed by atoms with Crippen molar-refractivity contribution in [2.24, 2.45) is 5.92 Å². The third-order valence-corrected chi connectivity index (χ3v) is 3.76. The van der Waals surface area contributed by atoms with Crippen LogP contribution in [0.2, 0.25) is 0 Å². The second-order valence-corrected chi connectivity index (χ2v) is 5.44. The predicted molar refractivity (Wildman–Crippen MR) is 81.5 cm³/mol. The Hall–Kier alpha value is -1.78. The minimum absolute atomic E-state index is 0.191. The average Bonchev–Trinajstić information content (AvgIpc) is 2.47. The van der Waals surface area contributed by atoms with E-state index in [2.05, 4.69) is 15.6 Å². The van der Waals surface area contributed by atoms with Crippen LogP contribution in [0.5, 0.6) is 0 Å². The molecule has 1 aliphatic rings. The number of hydrogen-bond donors (Lipinski definition) is 3. The summed E-state index contributed by atoms with van der Waals surface area (Å²) in [4.78, 5) is 16.3. The van der Waals surface area contributed by atoms with Crippen molar-refractivity contribution in [3.63, 3.8) is 0 Å². The fraction of sp³-hybridized carbons (Fsp3) is 0.600. The number of nitrogens with one attached hydrogen (secondary N) is 2. The number of anilines is 2. The molecule has 1 aromatic rings. The van der Waals surface area contributed by atoms with Gasteiger partial charge in [0.25, 0.3) is 0 Å². The first kappa shape index (κ1) is 14.6. The van der Waals surface area contributed by atoms with Gasteiger partial charge in [-0.25, -0.2) is 4.98 Å². The van der Waals surface area contributed by atoms with E-state index in [1.165, 1.54) is 19.3 Å². The fourth-order valence-electron chi connectivity index (χ4n) is 2.58. The maximum Gasteiger partial charge on any atom is 0.223 e. The second kappa shape index (κ2) is 7.12. The Morgan fingerprint density at radius 1 is 1.30 bits per heavy atom. The zero-order valence-corrected chi connectivity index (χ0v) is 12.1. The van der Waals surface area contributed by atoms with Gasteiger partial charge in [-0.3, -0.25) is 4.79 Å². The Morgan fingerprint density at radius 3 is 2.80 bits per heavy atom. The normalized spacial score (nSPS) is 15.8. The van der Waals surface area contributed by atoms with Gasteiger partial charge in [-0.05, 0) is 31.9 Å². The van der Waals surface area contributed by atoms with E-state index in [0.717, 1.165) is 18.5 Å². The Bertz CT molecular complexity index is 455. The summed E-state index contributed by atoms with van der Waals surface area (Å²) in [6.45, 7) is 3.17. The molecule has 0 saturated heterocycles. The third-order valence-electron chi connectivity index (χ3n) is 3.76. The smallest absolute Gasteiger partial charge is 0.223 e. The molecule has 0 atom stereocenters. The van der Waals surface area contributed by atoms with Gasteiger partial charge in [0.05, 0.1) is 5.69 Å². The number of nitrogens with two attached hydrogens (primary N) is 1. The number of carbonyl (C=O) groups excluding carboxylic acids is 1. The van der Waals surface area contributed by atoms with Crippen LogP contribution in [-0.2, 0) is 4.79 Å². The molecule has 1 aromatic heterocycles. The lowest BCUT2D eigenvalue weighted by Crippen LogP contribution is -2.35. The van der Waals surface area contributed by atoms with Crippen LogP contribution in [0.25, 0.3) is 0 Å². The molecule has 0 radical (unpaired) electrons. The molecule has 0 spiro atoms. The molecule has 5 heteroatoms. The lowest BCUT2D eigenvalue weighted by Gasteiger charge is -2.20. The van der Waals surface area contributed by atoms with E-state index in [0.29, 0.717) is 24.6 Å². The number of nitrogens with zero attached hydrogens (tertiary/aromatic N) is 1. The van der Waals surface area contributed by atoms with Crippen molar-refractivity contribution in [2.45, 2.75) is 39.0 Å². The van der Waals surface area contributed by atoms with Crippen molar-refractivity contribution >= 4 is 17.4 Å². The van der Waals surface area contributed by atoms with Gasteiger partial charge in [0.2, 0.25) is 5.91 Å².